The standard InChI is InChI=1S/C20H25N3O2/c1-2-16-5-7-17(8-6-16)18(24)22-11-13-23(14-12-22)19(25)20(15-21)9-3-4-10-20/h5-8H,2-4,9-14H2,1H3. The third kappa shape index (κ3) is 3.39. The van der Waals surface area contributed by atoms with Crippen molar-refractivity contribution in [3.05, 3.63) is 35.4 Å². The minimum absolute atomic E-state index is 0.0191. The maximum Gasteiger partial charge on any atom is 0.253 e. The van der Waals surface area contributed by atoms with Crippen LogP contribution in [0.5, 0.6) is 0 Å². The highest BCUT2D eigenvalue weighted by atomic mass is 16.2. The van der Waals surface area contributed by atoms with Crippen LogP contribution in [0.2, 0.25) is 0 Å². The molecule has 1 aromatic carbocycles. The van der Waals surface area contributed by atoms with E-state index in [1.54, 1.807) is 9.80 Å². The number of hydrogen-bond acceptors (Lipinski definition) is 3. The van der Waals surface area contributed by atoms with Gasteiger partial charge in [-0.05, 0) is 37.0 Å². The van der Waals surface area contributed by atoms with E-state index in [9.17, 15) is 14.9 Å². The highest BCUT2D eigenvalue weighted by Gasteiger charge is 2.44. The average Bonchev–Trinajstić information content (AvgIpc) is 3.17. The van der Waals surface area contributed by atoms with Gasteiger partial charge < -0.3 is 9.80 Å². The molecule has 0 unspecified atom stereocenters. The van der Waals surface area contributed by atoms with Crippen molar-refractivity contribution in [2.24, 2.45) is 5.41 Å². The van der Waals surface area contributed by atoms with Gasteiger partial charge in [-0.15, -0.1) is 0 Å². The van der Waals surface area contributed by atoms with Crippen LogP contribution in [0, 0.1) is 16.7 Å². The highest BCUT2D eigenvalue weighted by Crippen LogP contribution is 2.39. The van der Waals surface area contributed by atoms with Gasteiger partial charge in [-0.2, -0.15) is 5.26 Å². The summed E-state index contributed by atoms with van der Waals surface area (Å²) in [6.45, 7) is 4.18. The summed E-state index contributed by atoms with van der Waals surface area (Å²) < 4.78 is 0. The van der Waals surface area contributed by atoms with Gasteiger partial charge in [0.05, 0.1) is 6.07 Å². The van der Waals surface area contributed by atoms with Gasteiger partial charge in [-0.3, -0.25) is 9.59 Å². The van der Waals surface area contributed by atoms with E-state index in [1.807, 2.05) is 24.3 Å². The maximum atomic E-state index is 12.8. The molecule has 25 heavy (non-hydrogen) atoms. The molecule has 0 N–H and O–H groups in total. The van der Waals surface area contributed by atoms with Crippen molar-refractivity contribution in [2.45, 2.75) is 39.0 Å². The molecule has 0 aromatic heterocycles. The molecule has 2 aliphatic rings. The Bertz CT molecular complexity index is 676. The lowest BCUT2D eigenvalue weighted by molar-refractivity contribution is -0.140. The molecular formula is C20H25N3O2. The van der Waals surface area contributed by atoms with Crippen LogP contribution in [-0.2, 0) is 11.2 Å². The van der Waals surface area contributed by atoms with Gasteiger partial charge in [0, 0.05) is 31.7 Å². The predicted octanol–water partition coefficient (Wildman–Crippen LogP) is 2.62. The SMILES string of the molecule is CCc1ccc(C(=O)N2CCN(C(=O)C3(C#N)CCCC3)CC2)cc1. The molecule has 0 radical (unpaired) electrons. The Kier molecular flexibility index (Phi) is 5.08. The summed E-state index contributed by atoms with van der Waals surface area (Å²) in [5, 5.41) is 9.49. The number of benzene rings is 1. The molecule has 1 saturated carbocycles. The summed E-state index contributed by atoms with van der Waals surface area (Å²) in [6, 6.07) is 10.0. The number of hydrogen-bond donors (Lipinski definition) is 0. The topological polar surface area (TPSA) is 64.4 Å². The lowest BCUT2D eigenvalue weighted by Crippen LogP contribution is -2.53. The zero-order chi connectivity index (χ0) is 17.9. The van der Waals surface area contributed by atoms with Crippen molar-refractivity contribution >= 4 is 11.8 Å². The molecule has 2 fully saturated rings. The van der Waals surface area contributed by atoms with E-state index < -0.39 is 5.41 Å². The molecule has 1 aliphatic carbocycles. The van der Waals surface area contributed by atoms with Crippen LogP contribution in [0.15, 0.2) is 24.3 Å². The first-order chi connectivity index (χ1) is 12.1. The van der Waals surface area contributed by atoms with Crippen LogP contribution in [-0.4, -0.2) is 47.8 Å². The van der Waals surface area contributed by atoms with Crippen LogP contribution in [0.1, 0.15) is 48.5 Å². The van der Waals surface area contributed by atoms with E-state index in [1.165, 1.54) is 5.56 Å². The average molecular weight is 339 g/mol. The number of piperazine rings is 1. The molecule has 5 nitrogen and oxygen atoms in total. The fourth-order valence-corrected chi connectivity index (χ4v) is 3.83. The summed E-state index contributed by atoms with van der Waals surface area (Å²) in [5.74, 6) is -0.0162. The third-order valence-electron chi connectivity index (χ3n) is 5.54. The Hall–Kier alpha value is -2.35. The molecule has 132 valence electrons. The lowest BCUT2D eigenvalue weighted by Gasteiger charge is -2.37. The summed E-state index contributed by atoms with van der Waals surface area (Å²) in [5.41, 5.74) is 1.09. The van der Waals surface area contributed by atoms with Crippen molar-refractivity contribution in [3.8, 4) is 6.07 Å². The Balaban J connectivity index is 1.60. The van der Waals surface area contributed by atoms with E-state index in [4.69, 9.17) is 0 Å². The zero-order valence-corrected chi connectivity index (χ0v) is 14.8. The molecule has 1 aliphatic heterocycles. The molecule has 2 amide bonds. The quantitative estimate of drug-likeness (QED) is 0.850. The van der Waals surface area contributed by atoms with E-state index >= 15 is 0 Å². The monoisotopic (exact) mass is 339 g/mol. The van der Waals surface area contributed by atoms with E-state index in [0.29, 0.717) is 44.6 Å². The molecule has 1 heterocycles. The van der Waals surface area contributed by atoms with Gasteiger partial charge in [0.2, 0.25) is 5.91 Å². The number of carbonyl (C=O) groups excluding carboxylic acids is 2. The number of nitriles is 1. The second-order valence-corrected chi connectivity index (χ2v) is 7.04. The summed E-state index contributed by atoms with van der Waals surface area (Å²) in [6.07, 6.45) is 4.20. The van der Waals surface area contributed by atoms with Crippen LogP contribution in [0.3, 0.4) is 0 Å². The van der Waals surface area contributed by atoms with Crippen LogP contribution < -0.4 is 0 Å². The molecule has 1 saturated heterocycles. The van der Waals surface area contributed by atoms with Gasteiger partial charge in [-0.1, -0.05) is 31.9 Å². The number of carbonyl (C=O) groups is 2. The molecule has 0 atom stereocenters. The van der Waals surface area contributed by atoms with Crippen LogP contribution >= 0.6 is 0 Å². The molecule has 5 heteroatoms. The first kappa shape index (κ1) is 17.5. The van der Waals surface area contributed by atoms with E-state index in [0.717, 1.165) is 19.3 Å². The number of rotatable bonds is 3. The number of amides is 2. The predicted molar refractivity (Wildman–Crippen MR) is 94.8 cm³/mol. The Labute approximate surface area is 149 Å². The summed E-state index contributed by atoms with van der Waals surface area (Å²) in [7, 11) is 0. The highest BCUT2D eigenvalue weighted by molar-refractivity contribution is 5.94. The Morgan fingerprint density at radius 1 is 1.04 bits per heavy atom. The fraction of sp³-hybridized carbons (Fsp3) is 0.550. The minimum Gasteiger partial charge on any atom is -0.338 e. The first-order valence-electron chi connectivity index (χ1n) is 9.18. The third-order valence-corrected chi connectivity index (χ3v) is 5.54. The van der Waals surface area contributed by atoms with Crippen molar-refractivity contribution in [2.75, 3.05) is 26.2 Å². The van der Waals surface area contributed by atoms with Crippen molar-refractivity contribution < 1.29 is 9.59 Å². The lowest BCUT2D eigenvalue weighted by atomic mass is 9.86. The number of aryl methyl sites for hydroxylation is 1. The van der Waals surface area contributed by atoms with Gasteiger partial charge in [-0.25, -0.2) is 0 Å². The van der Waals surface area contributed by atoms with Crippen molar-refractivity contribution in [1.82, 2.24) is 9.80 Å². The normalized spacial score (nSPS) is 19.5. The van der Waals surface area contributed by atoms with Crippen LogP contribution in [0.4, 0.5) is 0 Å². The maximum absolute atomic E-state index is 12.8. The second-order valence-electron chi connectivity index (χ2n) is 7.04. The van der Waals surface area contributed by atoms with Crippen LogP contribution in [0.25, 0.3) is 0 Å². The molecular weight excluding hydrogens is 314 g/mol. The second kappa shape index (κ2) is 7.26. The fourth-order valence-electron chi connectivity index (χ4n) is 3.83. The molecule has 3 rings (SSSR count). The van der Waals surface area contributed by atoms with Crippen molar-refractivity contribution in [3.63, 3.8) is 0 Å². The largest absolute Gasteiger partial charge is 0.338 e. The molecule has 1 aromatic rings. The summed E-state index contributed by atoms with van der Waals surface area (Å²) in [4.78, 5) is 29.0. The van der Waals surface area contributed by atoms with Gasteiger partial charge in [0.1, 0.15) is 5.41 Å². The minimum atomic E-state index is -0.817. The molecule has 0 bridgehead atoms. The van der Waals surface area contributed by atoms with Gasteiger partial charge in [0.15, 0.2) is 0 Å². The van der Waals surface area contributed by atoms with Gasteiger partial charge in [0.25, 0.3) is 5.91 Å². The number of nitrogens with zero attached hydrogens (tertiary/aromatic N) is 3. The Morgan fingerprint density at radius 3 is 2.12 bits per heavy atom. The van der Waals surface area contributed by atoms with E-state index in [2.05, 4.69) is 13.0 Å². The first-order valence-corrected chi connectivity index (χ1v) is 9.18. The Morgan fingerprint density at radius 2 is 1.60 bits per heavy atom. The van der Waals surface area contributed by atoms with E-state index in [-0.39, 0.29) is 11.8 Å². The van der Waals surface area contributed by atoms with Crippen molar-refractivity contribution in [1.29, 1.82) is 5.26 Å². The zero-order valence-electron chi connectivity index (χ0n) is 14.8. The smallest absolute Gasteiger partial charge is 0.253 e. The van der Waals surface area contributed by atoms with Gasteiger partial charge >= 0.3 is 0 Å². The molecule has 0 spiro atoms. The summed E-state index contributed by atoms with van der Waals surface area (Å²) >= 11 is 0.